The number of phenolic OH excluding ortho intramolecular Hbond substituents is 29. The first-order valence-electron chi connectivity index (χ1n) is 37.2. The van der Waals surface area contributed by atoms with Crippen LogP contribution in [-0.2, 0) is 56.8 Å². The summed E-state index contributed by atoms with van der Waals surface area (Å²) >= 11 is 0. The van der Waals surface area contributed by atoms with E-state index in [-0.39, 0.29) is 48.5 Å². The van der Waals surface area contributed by atoms with Crippen LogP contribution in [0, 0.1) is 0 Å². The molecule has 0 spiro atoms. The number of aromatic hydroxyl groups is 29. The standard InChI is InChI=1S/C82H54O52/c83-25-1-14(71(112)133-81-69-67(129-76(117)19-7-29(87)50(98)58(106)40(19)42-21(78(119)131-69)9-31(89)52(100)60(42)108)66-35(125-81)12-122-72(113)17-5-27(85)48(96)56(104)38(17)39-18(75(116)128-66)6-28(86)49(97)57(39)105)2-34(46(25)94)124-64-24(11-33(91)54(102)63(64)111)80(121)134-82-70-68(130-77(118)20-8-30(88)51(99)59(107)41(20)43-22(79(120)132-70)10-32(90)53(101)61(43)109)65-36(126-82)13-123-73(114)23-3-15(44(92)62(110)45(23)93)37-16(74(115)127-65)4-26(84)47(95)55(37)103/h1-11,35-36,65-70,81-111H,12-13H2/t35-,36-,65-,66-,67+,68+,69-,70-,81-,82-/m1/s1. The van der Waals surface area contributed by atoms with Crippen molar-refractivity contribution in [1.29, 1.82) is 0 Å². The highest BCUT2D eigenvalue weighted by atomic mass is 16.8. The van der Waals surface area contributed by atoms with Crippen molar-refractivity contribution in [2.24, 2.45) is 0 Å². The number of esters is 10. The molecule has 0 amide bonds. The number of ether oxygens (including phenoxy) is 13. The lowest BCUT2D eigenvalue weighted by Crippen LogP contribution is -2.63. The first-order valence-corrected chi connectivity index (χ1v) is 37.2. The fourth-order valence-electron chi connectivity index (χ4n) is 15.2. The van der Waals surface area contributed by atoms with Crippen LogP contribution in [-0.4, -0.2) is 282 Å². The second kappa shape index (κ2) is 31.7. The van der Waals surface area contributed by atoms with E-state index in [4.69, 9.17) is 61.6 Å². The molecule has 29 N–H and O–H groups in total. The lowest BCUT2D eigenvalue weighted by Gasteiger charge is -2.44. The molecule has 134 heavy (non-hydrogen) atoms. The Kier molecular flexibility index (Phi) is 20.9. The van der Waals surface area contributed by atoms with Crippen LogP contribution >= 0.6 is 0 Å². The van der Waals surface area contributed by atoms with E-state index in [1.165, 1.54) is 0 Å². The van der Waals surface area contributed by atoms with Crippen LogP contribution in [0.5, 0.6) is 178 Å². The van der Waals surface area contributed by atoms with Crippen molar-refractivity contribution in [3.05, 3.63) is 122 Å². The molecule has 2 bridgehead atoms. The highest BCUT2D eigenvalue weighted by Crippen LogP contribution is 2.61. The van der Waals surface area contributed by atoms with Gasteiger partial charge in [-0.05, 0) is 60.7 Å². The van der Waals surface area contributed by atoms with Crippen LogP contribution in [0.3, 0.4) is 0 Å². The fourth-order valence-corrected chi connectivity index (χ4v) is 15.2. The van der Waals surface area contributed by atoms with Gasteiger partial charge in [-0.3, -0.25) is 0 Å². The number of fused-ring (bicyclic) bond motifs is 19. The molecule has 0 aliphatic carbocycles. The molecule has 6 aliphatic heterocycles. The molecule has 0 radical (unpaired) electrons. The third-order valence-electron chi connectivity index (χ3n) is 21.6. The highest BCUT2D eigenvalue weighted by Gasteiger charge is 2.59. The second-order valence-corrected chi connectivity index (χ2v) is 29.4. The maximum atomic E-state index is 15.4. The van der Waals surface area contributed by atoms with E-state index >= 15 is 38.4 Å². The smallest absolute Gasteiger partial charge is 0.344 e. The van der Waals surface area contributed by atoms with Crippen molar-refractivity contribution < 1.29 is 258 Å². The van der Waals surface area contributed by atoms with Gasteiger partial charge in [0.05, 0.1) is 44.5 Å². The van der Waals surface area contributed by atoms with Gasteiger partial charge in [0.25, 0.3) is 0 Å². The Balaban J connectivity index is 0.804. The Morgan fingerprint density at radius 1 is 0.239 bits per heavy atom. The van der Waals surface area contributed by atoms with Crippen molar-refractivity contribution in [3.8, 4) is 223 Å². The predicted octanol–water partition coefficient (Wildman–Crippen LogP) is 3.69. The molecule has 10 aromatic rings. The Morgan fingerprint density at radius 3 is 0.858 bits per heavy atom. The lowest BCUT2D eigenvalue weighted by atomic mass is 9.91. The number of hydrogen-bond acceptors (Lipinski definition) is 52. The zero-order valence-electron chi connectivity index (χ0n) is 65.4. The van der Waals surface area contributed by atoms with Crippen molar-refractivity contribution in [3.63, 3.8) is 0 Å². The first-order chi connectivity index (χ1) is 63.1. The molecule has 0 saturated carbocycles. The molecular weight excluding hydrogens is 1820 g/mol. The summed E-state index contributed by atoms with van der Waals surface area (Å²) in [6.45, 7) is -3.12. The maximum absolute atomic E-state index is 15.4. The quantitative estimate of drug-likeness (QED) is 0.0641. The Morgan fingerprint density at radius 2 is 0.507 bits per heavy atom. The molecule has 694 valence electrons. The average Bonchev–Trinajstić information content (AvgIpc) is 0.941. The number of rotatable bonds is 6. The van der Waals surface area contributed by atoms with Crippen LogP contribution in [0.1, 0.15) is 104 Å². The third-order valence-corrected chi connectivity index (χ3v) is 21.6. The number of carbonyl (C=O) groups is 10. The monoisotopic (exact) mass is 1870 g/mol. The summed E-state index contributed by atoms with van der Waals surface area (Å²) in [5.74, 6) is -68.7. The largest absolute Gasteiger partial charge is 0.504 e. The van der Waals surface area contributed by atoms with Gasteiger partial charge in [0, 0.05) is 50.6 Å². The summed E-state index contributed by atoms with van der Waals surface area (Å²) in [7, 11) is 0. The summed E-state index contributed by atoms with van der Waals surface area (Å²) in [6.07, 6.45) is -28.4. The third kappa shape index (κ3) is 13.9. The van der Waals surface area contributed by atoms with Crippen molar-refractivity contribution in [2.45, 2.75) is 61.4 Å². The van der Waals surface area contributed by atoms with Crippen LogP contribution in [0.2, 0.25) is 0 Å². The topological polar surface area (TPSA) is 877 Å². The number of benzene rings is 10. The van der Waals surface area contributed by atoms with E-state index in [1.54, 1.807) is 0 Å². The summed E-state index contributed by atoms with van der Waals surface area (Å²) in [5.41, 5.74) is -23.0. The zero-order valence-corrected chi connectivity index (χ0v) is 65.4. The van der Waals surface area contributed by atoms with Crippen LogP contribution in [0.4, 0.5) is 0 Å². The Hall–Kier alpha value is -19.2. The number of carbonyl (C=O) groups excluding carboxylic acids is 10. The van der Waals surface area contributed by atoms with E-state index < -0.39 is 413 Å². The van der Waals surface area contributed by atoms with Gasteiger partial charge >= 0.3 is 59.7 Å². The molecule has 2 fully saturated rings. The summed E-state index contributed by atoms with van der Waals surface area (Å²) in [6, 6.07) is 2.97. The van der Waals surface area contributed by atoms with E-state index in [9.17, 15) is 158 Å². The molecular formula is C82H54O52. The highest BCUT2D eigenvalue weighted by molar-refractivity contribution is 6.13. The van der Waals surface area contributed by atoms with Crippen molar-refractivity contribution in [2.75, 3.05) is 13.2 Å². The van der Waals surface area contributed by atoms with Crippen molar-refractivity contribution >= 4 is 59.7 Å². The number of cyclic esters (lactones) is 2. The number of phenols is 29. The van der Waals surface area contributed by atoms with Crippen LogP contribution in [0.25, 0.3) is 44.5 Å². The molecule has 52 heteroatoms. The molecule has 6 aliphatic rings. The molecule has 0 unspecified atom stereocenters. The minimum atomic E-state index is -3.09. The van der Waals surface area contributed by atoms with E-state index in [2.05, 4.69) is 0 Å². The summed E-state index contributed by atoms with van der Waals surface area (Å²) in [5, 5.41) is 322. The molecule has 16 rings (SSSR count). The van der Waals surface area contributed by atoms with Gasteiger partial charge in [0.15, 0.2) is 139 Å². The van der Waals surface area contributed by atoms with E-state index in [1.807, 2.05) is 0 Å². The minimum absolute atomic E-state index is 0.108. The second-order valence-electron chi connectivity index (χ2n) is 29.4. The Bertz CT molecular complexity index is 6980. The van der Waals surface area contributed by atoms with Gasteiger partial charge < -0.3 is 210 Å². The molecule has 10 atom stereocenters. The van der Waals surface area contributed by atoms with Gasteiger partial charge in [-0.2, -0.15) is 0 Å². The van der Waals surface area contributed by atoms with Gasteiger partial charge in [0.2, 0.25) is 88.0 Å². The lowest BCUT2D eigenvalue weighted by molar-refractivity contribution is -0.283. The van der Waals surface area contributed by atoms with Crippen LogP contribution < -0.4 is 4.74 Å². The van der Waals surface area contributed by atoms with Gasteiger partial charge in [0.1, 0.15) is 36.5 Å². The average molecular weight is 1870 g/mol. The van der Waals surface area contributed by atoms with Gasteiger partial charge in [-0.25, -0.2) is 47.9 Å². The minimum Gasteiger partial charge on any atom is -0.504 e. The zero-order chi connectivity index (χ0) is 97.2. The summed E-state index contributed by atoms with van der Waals surface area (Å²) in [4.78, 5) is 150. The molecule has 2 saturated heterocycles. The first kappa shape index (κ1) is 88.3. The SMILES string of the molecule is O=C(O[C@H]1O[C@@H]2COC(=O)c3cc(O)c(O)c(O)c3-c3c(cc(O)c(O)c3O)C(=O)O[C@H]2[C@@H]2OC(=O)c3cc(O)c(O)c(O)c3-c3c(cc(O)c(O)c3O)C(=O)O[C@@H]12)c1cc(O)c(O)c(Oc2c(C(=O)O[C@H]3O[C@@H]4COC(=O)c5cc(c(O)c(O)c5O)-c5c(cc(O)c(O)c5O)C(=O)O[C@H]4[C@@H]4OC(=O)c5cc(O)c(O)c(O)c5-c5c(cc(O)c(O)c5O)C(=O)O[C@@H]34)cc(O)c(O)c2O)c1. The predicted molar refractivity (Wildman–Crippen MR) is 413 cm³/mol. The van der Waals surface area contributed by atoms with E-state index in [0.717, 1.165) is 0 Å². The van der Waals surface area contributed by atoms with Gasteiger partial charge in [-0.15, -0.1) is 0 Å². The molecule has 0 aromatic heterocycles. The Labute approximate surface area is 734 Å². The molecule has 10 aromatic carbocycles. The van der Waals surface area contributed by atoms with Crippen LogP contribution in [0.15, 0.2) is 66.7 Å². The normalized spacial score (nSPS) is 20.1. The molecule has 52 nitrogen and oxygen atoms in total. The van der Waals surface area contributed by atoms with Gasteiger partial charge in [-0.1, -0.05) is 0 Å². The van der Waals surface area contributed by atoms with Crippen molar-refractivity contribution in [1.82, 2.24) is 0 Å². The maximum Gasteiger partial charge on any atom is 0.344 e. The van der Waals surface area contributed by atoms with E-state index in [0.29, 0.717) is 18.2 Å². The fraction of sp³-hybridized carbons (Fsp3) is 0.146. The molecule has 6 heterocycles. The summed E-state index contributed by atoms with van der Waals surface area (Å²) < 4.78 is 74.6. The number of hydrogen-bond donors (Lipinski definition) is 29.